The van der Waals surface area contributed by atoms with Gasteiger partial charge in [0.15, 0.2) is 0 Å². The fourth-order valence-electron chi connectivity index (χ4n) is 1.62. The van der Waals surface area contributed by atoms with Gasteiger partial charge in [-0.1, -0.05) is 30.3 Å². The smallest absolute Gasteiger partial charge is 0.108 e. The fraction of sp³-hybridized carbons (Fsp3) is 0.308. The van der Waals surface area contributed by atoms with Gasteiger partial charge < -0.3 is 5.73 Å². The highest BCUT2D eigenvalue weighted by Crippen LogP contribution is 2.22. The van der Waals surface area contributed by atoms with Crippen LogP contribution in [0, 0.1) is 0 Å². The Morgan fingerprint density at radius 1 is 1.29 bits per heavy atom. The van der Waals surface area contributed by atoms with Crippen LogP contribution >= 0.6 is 11.3 Å². The highest BCUT2D eigenvalue weighted by Gasteiger charge is 2.10. The molecule has 2 N–H and O–H groups in total. The van der Waals surface area contributed by atoms with E-state index in [1.807, 2.05) is 35.7 Å². The first-order valence-corrected chi connectivity index (χ1v) is 6.51. The Balaban J connectivity index is 2.06. The Morgan fingerprint density at radius 2 is 2.06 bits per heavy atom. The van der Waals surface area contributed by atoms with E-state index in [9.17, 15) is 4.39 Å². The van der Waals surface area contributed by atoms with Crippen molar-refractivity contribution in [3.63, 3.8) is 0 Å². The van der Waals surface area contributed by atoms with Crippen molar-refractivity contribution in [2.75, 3.05) is 6.54 Å². The molecule has 0 amide bonds. The Morgan fingerprint density at radius 3 is 2.76 bits per heavy atom. The number of aromatic nitrogens is 1. The van der Waals surface area contributed by atoms with E-state index < -0.39 is 6.17 Å². The topological polar surface area (TPSA) is 38.9 Å². The minimum Gasteiger partial charge on any atom is -0.330 e. The minimum absolute atomic E-state index is 0.370. The second kappa shape index (κ2) is 5.89. The second-order valence-corrected chi connectivity index (χ2v) is 4.81. The summed E-state index contributed by atoms with van der Waals surface area (Å²) in [6, 6.07) is 9.92. The molecule has 1 heterocycles. The molecule has 1 aromatic heterocycles. The predicted molar refractivity (Wildman–Crippen MR) is 69.8 cm³/mol. The van der Waals surface area contributed by atoms with Crippen LogP contribution in [0.2, 0.25) is 0 Å². The normalized spacial score (nSPS) is 12.6. The number of benzene rings is 1. The molecule has 2 rings (SSSR count). The van der Waals surface area contributed by atoms with Gasteiger partial charge in [-0.25, -0.2) is 9.37 Å². The van der Waals surface area contributed by atoms with Crippen molar-refractivity contribution in [1.29, 1.82) is 0 Å². The summed E-state index contributed by atoms with van der Waals surface area (Å²) in [4.78, 5) is 4.44. The molecule has 1 unspecified atom stereocenters. The van der Waals surface area contributed by atoms with Crippen molar-refractivity contribution in [1.82, 2.24) is 4.98 Å². The van der Waals surface area contributed by atoms with Crippen LogP contribution in [-0.2, 0) is 6.42 Å². The third kappa shape index (κ3) is 3.35. The summed E-state index contributed by atoms with van der Waals surface area (Å²) < 4.78 is 13.4. The molecular formula is C13H15FN2S. The van der Waals surface area contributed by atoms with Crippen molar-refractivity contribution in [2.45, 2.75) is 19.0 Å². The van der Waals surface area contributed by atoms with Gasteiger partial charge in [0.05, 0.1) is 10.7 Å². The van der Waals surface area contributed by atoms with E-state index in [0.717, 1.165) is 16.3 Å². The van der Waals surface area contributed by atoms with Gasteiger partial charge in [-0.15, -0.1) is 11.3 Å². The number of thiazole rings is 1. The van der Waals surface area contributed by atoms with Gasteiger partial charge in [0.1, 0.15) is 6.17 Å². The molecule has 1 aromatic carbocycles. The van der Waals surface area contributed by atoms with E-state index in [2.05, 4.69) is 4.98 Å². The maximum atomic E-state index is 13.4. The number of nitrogens with two attached hydrogens (primary N) is 1. The lowest BCUT2D eigenvalue weighted by molar-refractivity contribution is 0.316. The molecule has 0 spiro atoms. The van der Waals surface area contributed by atoms with E-state index in [1.54, 1.807) is 0 Å². The number of hydrogen-bond donors (Lipinski definition) is 1. The standard InChI is InChI=1S/C13H15FN2S/c14-11(6-7-15)8-13-16-12(9-17-13)10-4-2-1-3-5-10/h1-5,9,11H,6-8,15H2. The summed E-state index contributed by atoms with van der Waals surface area (Å²) >= 11 is 1.51. The quantitative estimate of drug-likeness (QED) is 0.885. The van der Waals surface area contributed by atoms with Crippen LogP contribution in [-0.4, -0.2) is 17.7 Å². The molecule has 0 bridgehead atoms. The van der Waals surface area contributed by atoms with Gasteiger partial charge in [-0.2, -0.15) is 0 Å². The van der Waals surface area contributed by atoms with E-state index >= 15 is 0 Å². The van der Waals surface area contributed by atoms with Gasteiger partial charge in [-0.3, -0.25) is 0 Å². The molecule has 2 nitrogen and oxygen atoms in total. The minimum atomic E-state index is -0.880. The maximum Gasteiger partial charge on any atom is 0.108 e. The maximum absolute atomic E-state index is 13.4. The van der Waals surface area contributed by atoms with Crippen molar-refractivity contribution < 1.29 is 4.39 Å². The Labute approximate surface area is 104 Å². The van der Waals surface area contributed by atoms with E-state index in [4.69, 9.17) is 5.73 Å². The summed E-state index contributed by atoms with van der Waals surface area (Å²) in [5, 5.41) is 2.81. The van der Waals surface area contributed by atoms with Crippen LogP contribution in [0.5, 0.6) is 0 Å². The monoisotopic (exact) mass is 250 g/mol. The van der Waals surface area contributed by atoms with E-state index in [-0.39, 0.29) is 0 Å². The Bertz CT molecular complexity index is 455. The number of rotatable bonds is 5. The first kappa shape index (κ1) is 12.2. The molecular weight excluding hydrogens is 235 g/mol. The summed E-state index contributed by atoms with van der Waals surface area (Å²) in [7, 11) is 0. The first-order chi connectivity index (χ1) is 8.29. The molecule has 0 aliphatic carbocycles. The summed E-state index contributed by atoms with van der Waals surface area (Å²) in [6.07, 6.45) is -0.107. The van der Waals surface area contributed by atoms with Gasteiger partial charge in [0, 0.05) is 17.4 Å². The van der Waals surface area contributed by atoms with Gasteiger partial charge >= 0.3 is 0 Å². The highest BCUT2D eigenvalue weighted by atomic mass is 32.1. The van der Waals surface area contributed by atoms with E-state index in [0.29, 0.717) is 19.4 Å². The third-order valence-electron chi connectivity index (χ3n) is 2.50. The number of halogens is 1. The van der Waals surface area contributed by atoms with Crippen molar-refractivity contribution in [2.24, 2.45) is 5.73 Å². The first-order valence-electron chi connectivity index (χ1n) is 5.63. The highest BCUT2D eigenvalue weighted by molar-refractivity contribution is 7.09. The van der Waals surface area contributed by atoms with Crippen molar-refractivity contribution in [3.05, 3.63) is 40.7 Å². The van der Waals surface area contributed by atoms with Crippen LogP contribution in [0.4, 0.5) is 4.39 Å². The SMILES string of the molecule is NCCC(F)Cc1nc(-c2ccccc2)cs1. The van der Waals surface area contributed by atoms with Gasteiger partial charge in [0.2, 0.25) is 0 Å². The van der Waals surface area contributed by atoms with Crippen molar-refractivity contribution in [3.8, 4) is 11.3 Å². The second-order valence-electron chi connectivity index (χ2n) is 3.87. The molecule has 2 aromatic rings. The average molecular weight is 250 g/mol. The van der Waals surface area contributed by atoms with Crippen LogP contribution in [0.15, 0.2) is 35.7 Å². The Kier molecular flexibility index (Phi) is 4.23. The molecule has 0 radical (unpaired) electrons. The third-order valence-corrected chi connectivity index (χ3v) is 3.37. The molecule has 0 fully saturated rings. The zero-order valence-electron chi connectivity index (χ0n) is 9.47. The zero-order chi connectivity index (χ0) is 12.1. The molecule has 0 aliphatic rings. The van der Waals surface area contributed by atoms with Gasteiger partial charge in [-0.05, 0) is 13.0 Å². The van der Waals surface area contributed by atoms with Crippen LogP contribution < -0.4 is 5.73 Å². The number of hydrogen-bond acceptors (Lipinski definition) is 3. The van der Waals surface area contributed by atoms with Crippen LogP contribution in [0.1, 0.15) is 11.4 Å². The van der Waals surface area contributed by atoms with Crippen LogP contribution in [0.3, 0.4) is 0 Å². The lowest BCUT2D eigenvalue weighted by Crippen LogP contribution is -2.11. The molecule has 0 aliphatic heterocycles. The summed E-state index contributed by atoms with van der Waals surface area (Å²) in [5.41, 5.74) is 7.32. The average Bonchev–Trinajstić information content (AvgIpc) is 2.79. The predicted octanol–water partition coefficient (Wildman–Crippen LogP) is 3.04. The lowest BCUT2D eigenvalue weighted by atomic mass is 10.2. The van der Waals surface area contributed by atoms with Crippen molar-refractivity contribution >= 4 is 11.3 Å². The molecule has 4 heteroatoms. The zero-order valence-corrected chi connectivity index (χ0v) is 10.3. The molecule has 0 saturated carbocycles. The molecule has 17 heavy (non-hydrogen) atoms. The number of nitrogens with zero attached hydrogens (tertiary/aromatic N) is 1. The largest absolute Gasteiger partial charge is 0.330 e. The lowest BCUT2D eigenvalue weighted by Gasteiger charge is -2.02. The van der Waals surface area contributed by atoms with E-state index in [1.165, 1.54) is 11.3 Å². The fourth-order valence-corrected chi connectivity index (χ4v) is 2.48. The van der Waals surface area contributed by atoms with Gasteiger partial charge in [0.25, 0.3) is 0 Å². The summed E-state index contributed by atoms with van der Waals surface area (Å²) in [6.45, 7) is 0.387. The molecule has 1 atom stereocenters. The molecule has 0 saturated heterocycles. The summed E-state index contributed by atoms with van der Waals surface area (Å²) in [5.74, 6) is 0. The Hall–Kier alpha value is -1.26. The van der Waals surface area contributed by atoms with Crippen LogP contribution in [0.25, 0.3) is 11.3 Å². The number of alkyl halides is 1. The molecule has 90 valence electrons.